The van der Waals surface area contributed by atoms with E-state index in [1.165, 1.54) is 0 Å². The number of nitrogens with one attached hydrogen (secondary N) is 1. The molecule has 0 radical (unpaired) electrons. The molecule has 2 aromatic rings. The van der Waals surface area contributed by atoms with Crippen LogP contribution in [0.4, 0.5) is 11.8 Å². The topological polar surface area (TPSA) is 81.6 Å². The van der Waals surface area contributed by atoms with Crippen molar-refractivity contribution in [1.82, 2.24) is 19.5 Å². The fourth-order valence-corrected chi connectivity index (χ4v) is 1.37. The second-order valence-corrected chi connectivity index (χ2v) is 3.38. The molecule has 0 saturated carbocycles. The second kappa shape index (κ2) is 5.11. The fourth-order valence-electron chi connectivity index (χ4n) is 1.37. The molecule has 0 aliphatic carbocycles. The van der Waals surface area contributed by atoms with Crippen molar-refractivity contribution >= 4 is 11.8 Å². The molecule has 0 unspecified atom stereocenters. The monoisotopic (exact) mass is 218 g/mol. The van der Waals surface area contributed by atoms with Gasteiger partial charge >= 0.3 is 0 Å². The first-order valence-corrected chi connectivity index (χ1v) is 5.13. The van der Waals surface area contributed by atoms with Gasteiger partial charge in [-0.3, -0.25) is 0 Å². The maximum Gasteiger partial charge on any atom is 0.221 e. The summed E-state index contributed by atoms with van der Waals surface area (Å²) in [5, 5.41) is 3.18. The Balaban J connectivity index is 1.72. The van der Waals surface area contributed by atoms with Gasteiger partial charge in [-0.25, -0.2) is 9.97 Å². The van der Waals surface area contributed by atoms with Gasteiger partial charge in [0, 0.05) is 31.7 Å². The maximum atomic E-state index is 5.47. The number of aromatic nitrogens is 4. The molecule has 0 bridgehead atoms. The lowest BCUT2D eigenvalue weighted by molar-refractivity contribution is 0.660. The summed E-state index contributed by atoms with van der Waals surface area (Å²) in [7, 11) is 0. The van der Waals surface area contributed by atoms with E-state index in [9.17, 15) is 0 Å². The van der Waals surface area contributed by atoms with Gasteiger partial charge < -0.3 is 15.6 Å². The summed E-state index contributed by atoms with van der Waals surface area (Å²) in [4.78, 5) is 11.8. The van der Waals surface area contributed by atoms with Crippen molar-refractivity contribution in [3.63, 3.8) is 0 Å². The minimum atomic E-state index is 0.291. The summed E-state index contributed by atoms with van der Waals surface area (Å²) < 4.78 is 2.04. The number of rotatable bonds is 5. The third-order valence-electron chi connectivity index (χ3n) is 2.13. The van der Waals surface area contributed by atoms with Crippen molar-refractivity contribution in [2.45, 2.75) is 13.0 Å². The summed E-state index contributed by atoms with van der Waals surface area (Å²) in [6, 6.07) is 1.80. The number of nitrogens with zero attached hydrogens (tertiary/aromatic N) is 4. The molecule has 84 valence electrons. The Morgan fingerprint density at radius 2 is 2.31 bits per heavy atom. The summed E-state index contributed by atoms with van der Waals surface area (Å²) in [5.74, 6) is 1.05. The van der Waals surface area contributed by atoms with Crippen molar-refractivity contribution in [2.24, 2.45) is 0 Å². The summed E-state index contributed by atoms with van der Waals surface area (Å²) in [6.45, 7) is 1.78. The molecule has 2 rings (SSSR count). The summed E-state index contributed by atoms with van der Waals surface area (Å²) in [5.41, 5.74) is 5.47. The quantitative estimate of drug-likeness (QED) is 0.724. The van der Waals surface area contributed by atoms with E-state index in [0.717, 1.165) is 25.3 Å². The van der Waals surface area contributed by atoms with Crippen molar-refractivity contribution in [1.29, 1.82) is 0 Å². The molecular weight excluding hydrogens is 204 g/mol. The number of anilines is 2. The van der Waals surface area contributed by atoms with Crippen LogP contribution < -0.4 is 11.1 Å². The van der Waals surface area contributed by atoms with E-state index in [2.05, 4.69) is 20.3 Å². The Kier molecular flexibility index (Phi) is 3.32. The smallest absolute Gasteiger partial charge is 0.221 e. The third-order valence-corrected chi connectivity index (χ3v) is 2.13. The standard InChI is InChI=1S/C10H14N6/c11-10-14-4-2-9(15-10)13-3-1-6-16-7-5-12-8-16/h2,4-5,7-8H,1,3,6H2,(H3,11,13,14,15). The van der Waals surface area contributed by atoms with Crippen molar-refractivity contribution in [2.75, 3.05) is 17.6 Å². The molecule has 0 aromatic carbocycles. The molecule has 0 aliphatic heterocycles. The first-order chi connectivity index (χ1) is 7.84. The maximum absolute atomic E-state index is 5.47. The van der Waals surface area contributed by atoms with Crippen molar-refractivity contribution < 1.29 is 0 Å². The van der Waals surface area contributed by atoms with Crippen LogP contribution in [-0.2, 0) is 6.54 Å². The molecule has 6 nitrogen and oxygen atoms in total. The fraction of sp³-hybridized carbons (Fsp3) is 0.300. The summed E-state index contributed by atoms with van der Waals surface area (Å²) >= 11 is 0. The predicted molar refractivity (Wildman–Crippen MR) is 61.8 cm³/mol. The van der Waals surface area contributed by atoms with Crippen molar-refractivity contribution in [3.8, 4) is 0 Å². The van der Waals surface area contributed by atoms with Crippen LogP contribution in [0.15, 0.2) is 31.0 Å². The first-order valence-electron chi connectivity index (χ1n) is 5.13. The number of imidazole rings is 1. The van der Waals surface area contributed by atoms with E-state index < -0.39 is 0 Å². The van der Waals surface area contributed by atoms with E-state index in [0.29, 0.717) is 5.95 Å². The van der Waals surface area contributed by atoms with Crippen LogP contribution in [0.5, 0.6) is 0 Å². The first kappa shape index (κ1) is 10.4. The minimum Gasteiger partial charge on any atom is -0.370 e. The van der Waals surface area contributed by atoms with Crippen molar-refractivity contribution in [3.05, 3.63) is 31.0 Å². The highest BCUT2D eigenvalue weighted by atomic mass is 15.1. The molecule has 0 aliphatic rings. The van der Waals surface area contributed by atoms with Gasteiger partial charge in [-0.05, 0) is 12.5 Å². The van der Waals surface area contributed by atoms with E-state index in [4.69, 9.17) is 5.73 Å². The van der Waals surface area contributed by atoms with Crippen LogP contribution in [0.25, 0.3) is 0 Å². The normalized spacial score (nSPS) is 10.2. The number of hydrogen-bond acceptors (Lipinski definition) is 5. The Hall–Kier alpha value is -2.11. The van der Waals surface area contributed by atoms with Gasteiger partial charge in [0.1, 0.15) is 5.82 Å². The largest absolute Gasteiger partial charge is 0.370 e. The lowest BCUT2D eigenvalue weighted by Crippen LogP contribution is -2.08. The van der Waals surface area contributed by atoms with Crippen LogP contribution in [0, 0.1) is 0 Å². The highest BCUT2D eigenvalue weighted by molar-refractivity contribution is 5.36. The van der Waals surface area contributed by atoms with Gasteiger partial charge in [0.15, 0.2) is 0 Å². The Morgan fingerprint density at radius 1 is 1.38 bits per heavy atom. The third kappa shape index (κ3) is 2.94. The van der Waals surface area contributed by atoms with E-state index in [1.54, 1.807) is 18.5 Å². The predicted octanol–water partition coefficient (Wildman–Crippen LogP) is 0.757. The number of nitrogen functional groups attached to an aromatic ring is 1. The molecule has 2 aromatic heterocycles. The Bertz CT molecular complexity index is 425. The van der Waals surface area contributed by atoms with Gasteiger partial charge in [0.25, 0.3) is 0 Å². The average molecular weight is 218 g/mol. The molecule has 6 heteroatoms. The van der Waals surface area contributed by atoms with Gasteiger partial charge in [0.05, 0.1) is 6.33 Å². The number of aryl methyl sites for hydroxylation is 1. The van der Waals surface area contributed by atoms with Gasteiger partial charge in [0.2, 0.25) is 5.95 Å². The van der Waals surface area contributed by atoms with Crippen LogP contribution in [-0.4, -0.2) is 26.1 Å². The highest BCUT2D eigenvalue weighted by Gasteiger charge is 1.95. The molecule has 0 saturated heterocycles. The van der Waals surface area contributed by atoms with Gasteiger partial charge in [-0.2, -0.15) is 4.98 Å². The second-order valence-electron chi connectivity index (χ2n) is 3.38. The molecule has 0 atom stereocenters. The molecule has 0 fully saturated rings. The Morgan fingerprint density at radius 3 is 3.06 bits per heavy atom. The van der Waals surface area contributed by atoms with E-state index in [1.807, 2.05) is 17.1 Å². The zero-order valence-electron chi connectivity index (χ0n) is 8.87. The molecule has 2 heterocycles. The zero-order chi connectivity index (χ0) is 11.2. The lowest BCUT2D eigenvalue weighted by atomic mass is 10.4. The van der Waals surface area contributed by atoms with Crippen LogP contribution in [0.3, 0.4) is 0 Å². The van der Waals surface area contributed by atoms with Gasteiger partial charge in [-0.15, -0.1) is 0 Å². The minimum absolute atomic E-state index is 0.291. The molecule has 0 spiro atoms. The Labute approximate surface area is 93.6 Å². The summed E-state index contributed by atoms with van der Waals surface area (Å²) in [6.07, 6.45) is 8.17. The molecular formula is C10H14N6. The van der Waals surface area contributed by atoms with E-state index >= 15 is 0 Å². The zero-order valence-corrected chi connectivity index (χ0v) is 8.87. The van der Waals surface area contributed by atoms with Crippen LogP contribution >= 0.6 is 0 Å². The highest BCUT2D eigenvalue weighted by Crippen LogP contribution is 2.02. The number of nitrogens with two attached hydrogens (primary N) is 1. The van der Waals surface area contributed by atoms with Crippen LogP contribution in [0.2, 0.25) is 0 Å². The number of hydrogen-bond donors (Lipinski definition) is 2. The molecule has 0 amide bonds. The van der Waals surface area contributed by atoms with Gasteiger partial charge in [-0.1, -0.05) is 0 Å². The van der Waals surface area contributed by atoms with Crippen LogP contribution in [0.1, 0.15) is 6.42 Å². The SMILES string of the molecule is Nc1nccc(NCCCn2ccnc2)n1. The molecule has 3 N–H and O–H groups in total. The lowest BCUT2D eigenvalue weighted by Gasteiger charge is -2.05. The van der Waals surface area contributed by atoms with E-state index in [-0.39, 0.29) is 0 Å². The average Bonchev–Trinajstić information content (AvgIpc) is 2.77. The molecule has 16 heavy (non-hydrogen) atoms.